The highest BCUT2D eigenvalue weighted by atomic mass is 15.0. The smallest absolute Gasteiger partial charge is 0.160 e. The maximum Gasteiger partial charge on any atom is 0.160 e. The minimum Gasteiger partial charge on any atom is -0.309 e. The second kappa shape index (κ2) is 12.9. The molecule has 0 unspecified atom stereocenters. The van der Waals surface area contributed by atoms with Crippen LogP contribution < -0.4 is 0 Å². The molecule has 0 saturated heterocycles. The Kier molecular flexibility index (Phi) is 7.96. The van der Waals surface area contributed by atoms with Gasteiger partial charge in [-0.1, -0.05) is 149 Å². The Hall–Kier alpha value is -6.06. The van der Waals surface area contributed by atoms with Gasteiger partial charge in [0.1, 0.15) is 0 Å². The molecule has 7 aromatic rings. The number of amidine groups is 1. The first-order chi connectivity index (χ1) is 25.7. The SMILES string of the molecule is CC1(C)CCC(C)(C)c2cc(C3=C/C=C/C(c4ccc(-c5ccc6c7ccccc7n(-c7ccccc7)c6c5)cc4)=NC(c4ccccc4)=N3)ccc21. The number of para-hydroxylation sites is 2. The van der Waals surface area contributed by atoms with Crippen LogP contribution in [0.5, 0.6) is 0 Å². The average Bonchev–Trinajstić information content (AvgIpc) is 3.51. The van der Waals surface area contributed by atoms with Gasteiger partial charge < -0.3 is 4.57 Å². The summed E-state index contributed by atoms with van der Waals surface area (Å²) in [7, 11) is 0. The maximum atomic E-state index is 5.27. The van der Waals surface area contributed by atoms with E-state index in [1.807, 2.05) is 6.07 Å². The summed E-state index contributed by atoms with van der Waals surface area (Å²) in [6.07, 6.45) is 8.71. The van der Waals surface area contributed by atoms with Crippen LogP contribution in [-0.2, 0) is 10.8 Å². The summed E-state index contributed by atoms with van der Waals surface area (Å²) >= 11 is 0. The molecule has 0 N–H and O–H groups in total. The Balaban J connectivity index is 1.08. The molecule has 0 saturated carbocycles. The molecule has 0 atom stereocenters. The highest BCUT2D eigenvalue weighted by Gasteiger charge is 2.37. The molecule has 0 spiro atoms. The van der Waals surface area contributed by atoms with Gasteiger partial charge in [-0.05, 0) is 88.4 Å². The van der Waals surface area contributed by atoms with Crippen LogP contribution in [0.25, 0.3) is 44.3 Å². The van der Waals surface area contributed by atoms with E-state index in [1.54, 1.807) is 0 Å². The molecule has 1 aliphatic carbocycles. The lowest BCUT2D eigenvalue weighted by Crippen LogP contribution is -2.33. The number of nitrogens with zero attached hydrogens (tertiary/aromatic N) is 3. The fraction of sp³-hybridized carbons (Fsp3) is 0.160. The van der Waals surface area contributed by atoms with E-state index in [4.69, 9.17) is 9.98 Å². The number of hydrogen-bond acceptors (Lipinski definition) is 2. The van der Waals surface area contributed by atoms with Gasteiger partial charge in [0, 0.05) is 33.2 Å². The Labute approximate surface area is 312 Å². The number of allylic oxidation sites excluding steroid dienone is 3. The van der Waals surface area contributed by atoms with Crippen LogP contribution in [0.1, 0.15) is 68.4 Å². The zero-order valence-electron chi connectivity index (χ0n) is 30.8. The van der Waals surface area contributed by atoms with Gasteiger partial charge in [-0.3, -0.25) is 0 Å². The highest BCUT2D eigenvalue weighted by Crippen LogP contribution is 2.46. The van der Waals surface area contributed by atoms with Crippen LogP contribution in [0.15, 0.2) is 174 Å². The molecule has 1 aliphatic heterocycles. The molecule has 3 nitrogen and oxygen atoms in total. The molecule has 6 aromatic carbocycles. The van der Waals surface area contributed by atoms with E-state index in [9.17, 15) is 0 Å². The predicted molar refractivity (Wildman–Crippen MR) is 225 cm³/mol. The predicted octanol–water partition coefficient (Wildman–Crippen LogP) is 12.6. The van der Waals surface area contributed by atoms with Gasteiger partial charge in [-0.25, -0.2) is 9.98 Å². The molecule has 0 fully saturated rings. The molecule has 1 aromatic heterocycles. The van der Waals surface area contributed by atoms with Crippen LogP contribution in [0.2, 0.25) is 0 Å². The molecule has 0 radical (unpaired) electrons. The van der Waals surface area contributed by atoms with E-state index in [-0.39, 0.29) is 10.8 Å². The fourth-order valence-corrected chi connectivity index (χ4v) is 8.18. The number of fused-ring (bicyclic) bond motifs is 4. The molecule has 258 valence electrons. The first-order valence-corrected chi connectivity index (χ1v) is 18.7. The Morgan fingerprint density at radius 2 is 1.11 bits per heavy atom. The van der Waals surface area contributed by atoms with Gasteiger partial charge in [0.2, 0.25) is 0 Å². The molecule has 0 amide bonds. The zero-order chi connectivity index (χ0) is 36.2. The summed E-state index contributed by atoms with van der Waals surface area (Å²) in [6, 6.07) is 52.2. The molecule has 0 bridgehead atoms. The van der Waals surface area contributed by atoms with E-state index < -0.39 is 0 Å². The molecule has 53 heavy (non-hydrogen) atoms. The van der Waals surface area contributed by atoms with Crippen LogP contribution in [0.4, 0.5) is 0 Å². The van der Waals surface area contributed by atoms with Crippen molar-refractivity contribution in [2.75, 3.05) is 0 Å². The summed E-state index contributed by atoms with van der Waals surface area (Å²) in [5, 5.41) is 2.51. The number of aliphatic imine (C=N–C) groups is 2. The minimum absolute atomic E-state index is 0.119. The van der Waals surface area contributed by atoms with Crippen molar-refractivity contribution in [3.05, 3.63) is 192 Å². The Morgan fingerprint density at radius 1 is 0.491 bits per heavy atom. The topological polar surface area (TPSA) is 29.6 Å². The minimum atomic E-state index is 0.119. The first-order valence-electron chi connectivity index (χ1n) is 18.7. The highest BCUT2D eigenvalue weighted by molar-refractivity contribution is 6.18. The summed E-state index contributed by atoms with van der Waals surface area (Å²) < 4.78 is 2.37. The largest absolute Gasteiger partial charge is 0.309 e. The third kappa shape index (κ3) is 5.97. The van der Waals surface area contributed by atoms with Crippen molar-refractivity contribution in [3.8, 4) is 16.8 Å². The second-order valence-electron chi connectivity index (χ2n) is 15.7. The van der Waals surface area contributed by atoms with Crippen molar-refractivity contribution in [2.24, 2.45) is 9.98 Å². The summed E-state index contributed by atoms with van der Waals surface area (Å²) in [6.45, 7) is 9.50. The molecular weight excluding hydrogens is 643 g/mol. The number of aromatic nitrogens is 1. The molecule has 3 heteroatoms. The number of rotatable bonds is 5. The van der Waals surface area contributed by atoms with Crippen LogP contribution in [0, 0.1) is 0 Å². The third-order valence-corrected chi connectivity index (χ3v) is 11.3. The van der Waals surface area contributed by atoms with Crippen molar-refractivity contribution >= 4 is 39.1 Å². The van der Waals surface area contributed by atoms with Crippen molar-refractivity contribution < 1.29 is 0 Å². The van der Waals surface area contributed by atoms with Gasteiger partial charge in [0.05, 0.1) is 22.4 Å². The van der Waals surface area contributed by atoms with E-state index in [0.717, 1.165) is 39.3 Å². The second-order valence-corrected chi connectivity index (χ2v) is 15.7. The number of hydrogen-bond donors (Lipinski definition) is 0. The van der Waals surface area contributed by atoms with E-state index in [0.29, 0.717) is 5.84 Å². The van der Waals surface area contributed by atoms with Crippen molar-refractivity contribution in [2.45, 2.75) is 51.4 Å². The molecule has 2 aliphatic rings. The van der Waals surface area contributed by atoms with E-state index in [1.165, 1.54) is 51.3 Å². The standard InChI is InChI=1S/C50H43N3/c1-49(2)30-31-50(3,4)43-32-38(27-29-42(43)49)45-20-13-19-44(51-48(52-45)36-14-7-5-8-15-36)35-24-22-34(23-25-35)37-26-28-41-40-18-11-12-21-46(40)53(47(41)33-37)39-16-9-6-10-17-39/h5-29,32-33H,30-31H2,1-4H3/b19-13+,20-13?,44-19?,45-20?,51-44?,51-48?,52-45?,52-48?. The third-order valence-electron chi connectivity index (χ3n) is 11.3. The average molecular weight is 686 g/mol. The zero-order valence-corrected chi connectivity index (χ0v) is 30.8. The molecular formula is C50H43N3. The van der Waals surface area contributed by atoms with E-state index in [2.05, 4.69) is 190 Å². The van der Waals surface area contributed by atoms with Gasteiger partial charge in [0.15, 0.2) is 5.84 Å². The lowest BCUT2D eigenvalue weighted by atomic mass is 9.63. The van der Waals surface area contributed by atoms with Crippen LogP contribution >= 0.6 is 0 Å². The van der Waals surface area contributed by atoms with E-state index >= 15 is 0 Å². The monoisotopic (exact) mass is 685 g/mol. The van der Waals surface area contributed by atoms with Gasteiger partial charge in [-0.15, -0.1) is 0 Å². The summed E-state index contributed by atoms with van der Waals surface area (Å²) in [5.74, 6) is 0.705. The molecule has 2 heterocycles. The van der Waals surface area contributed by atoms with Gasteiger partial charge in [-0.2, -0.15) is 0 Å². The summed E-state index contributed by atoms with van der Waals surface area (Å²) in [4.78, 5) is 10.5. The van der Waals surface area contributed by atoms with Crippen molar-refractivity contribution in [1.82, 2.24) is 4.57 Å². The van der Waals surface area contributed by atoms with Gasteiger partial charge in [0.25, 0.3) is 0 Å². The Morgan fingerprint density at radius 3 is 1.89 bits per heavy atom. The first kappa shape index (κ1) is 32.8. The summed E-state index contributed by atoms with van der Waals surface area (Å²) in [5.41, 5.74) is 14.0. The quantitative estimate of drug-likeness (QED) is 0.173. The number of benzene rings is 6. The molecule has 9 rings (SSSR count). The van der Waals surface area contributed by atoms with Crippen molar-refractivity contribution in [1.29, 1.82) is 0 Å². The Bertz CT molecular complexity index is 2630. The fourth-order valence-electron chi connectivity index (χ4n) is 8.18. The lowest BCUT2D eigenvalue weighted by Gasteiger charge is -2.42. The van der Waals surface area contributed by atoms with Gasteiger partial charge >= 0.3 is 0 Å². The maximum absolute atomic E-state index is 5.27. The normalized spacial score (nSPS) is 16.9. The van der Waals surface area contributed by atoms with Crippen LogP contribution in [0.3, 0.4) is 0 Å². The lowest BCUT2D eigenvalue weighted by molar-refractivity contribution is 0.332. The van der Waals surface area contributed by atoms with Crippen LogP contribution in [-0.4, -0.2) is 16.1 Å². The van der Waals surface area contributed by atoms with Crippen molar-refractivity contribution in [3.63, 3.8) is 0 Å².